The minimum absolute atomic E-state index is 0.155. The van der Waals surface area contributed by atoms with E-state index < -0.39 is 0 Å². The number of hydrogen-bond donors (Lipinski definition) is 1. The molecular weight excluding hydrogens is 338 g/mol. The van der Waals surface area contributed by atoms with Crippen LogP contribution in [0.25, 0.3) is 10.9 Å². The molecule has 3 heterocycles. The third-order valence-electron chi connectivity index (χ3n) is 4.52. The molecule has 0 radical (unpaired) electrons. The fourth-order valence-corrected chi connectivity index (χ4v) is 3.60. The number of morpholine rings is 1. The summed E-state index contributed by atoms with van der Waals surface area (Å²) in [4.78, 5) is 11.1. The topological polar surface area (TPSA) is 58.5 Å². The van der Waals surface area contributed by atoms with Crippen LogP contribution in [0.5, 0.6) is 5.75 Å². The molecule has 6 heteroatoms. The van der Waals surface area contributed by atoms with Gasteiger partial charge in [-0.05, 0) is 30.3 Å². The van der Waals surface area contributed by atoms with Crippen LogP contribution in [0.1, 0.15) is 17.3 Å². The number of nitrogens with zero attached hydrogens (tertiary/aromatic N) is 3. The van der Waals surface area contributed by atoms with Crippen molar-refractivity contribution in [1.82, 2.24) is 14.9 Å². The van der Waals surface area contributed by atoms with Crippen LogP contribution >= 0.6 is 11.6 Å². The van der Waals surface area contributed by atoms with Crippen molar-refractivity contribution in [3.63, 3.8) is 0 Å². The lowest BCUT2D eigenvalue weighted by molar-refractivity contribution is 0.0229. The zero-order valence-corrected chi connectivity index (χ0v) is 14.4. The number of pyridine rings is 2. The monoisotopic (exact) mass is 355 g/mol. The Morgan fingerprint density at radius 2 is 1.88 bits per heavy atom. The van der Waals surface area contributed by atoms with Crippen LogP contribution in [0.3, 0.4) is 0 Å². The van der Waals surface area contributed by atoms with Gasteiger partial charge in [-0.15, -0.1) is 0 Å². The molecule has 0 spiro atoms. The molecule has 5 nitrogen and oxygen atoms in total. The normalized spacial score (nSPS) is 16.8. The molecule has 1 aliphatic rings. The standard InChI is InChI=1S/C19H18ClN3O2/c20-15-12-14(19(24)17-13(15)4-3-7-22-17)18(16-5-1-2-6-21-16)23-8-10-25-11-9-23/h1-7,12,18,24H,8-11H2/t18-/m1/s1. The van der Waals surface area contributed by atoms with Crippen molar-refractivity contribution < 1.29 is 9.84 Å². The van der Waals surface area contributed by atoms with Crippen LogP contribution in [-0.2, 0) is 4.74 Å². The molecule has 1 saturated heterocycles. The maximum atomic E-state index is 10.9. The Kier molecular flexibility index (Phi) is 4.53. The van der Waals surface area contributed by atoms with Crippen molar-refractivity contribution in [3.05, 3.63) is 65.1 Å². The highest BCUT2D eigenvalue weighted by atomic mass is 35.5. The molecule has 0 aliphatic carbocycles. The summed E-state index contributed by atoms with van der Waals surface area (Å²) in [7, 11) is 0. The fraction of sp³-hybridized carbons (Fsp3) is 0.263. The summed E-state index contributed by atoms with van der Waals surface area (Å²) < 4.78 is 5.48. The predicted molar refractivity (Wildman–Crippen MR) is 96.9 cm³/mol. The molecule has 1 N–H and O–H groups in total. The Labute approximate surface area is 150 Å². The number of benzene rings is 1. The van der Waals surface area contributed by atoms with Gasteiger partial charge < -0.3 is 9.84 Å². The first-order valence-electron chi connectivity index (χ1n) is 8.24. The molecule has 0 unspecified atom stereocenters. The Morgan fingerprint density at radius 3 is 2.64 bits per heavy atom. The minimum Gasteiger partial charge on any atom is -0.505 e. The summed E-state index contributed by atoms with van der Waals surface area (Å²) in [5.41, 5.74) is 2.10. The highest BCUT2D eigenvalue weighted by molar-refractivity contribution is 6.35. The van der Waals surface area contributed by atoms with Gasteiger partial charge in [0.15, 0.2) is 0 Å². The zero-order chi connectivity index (χ0) is 17.2. The van der Waals surface area contributed by atoms with E-state index in [9.17, 15) is 5.11 Å². The molecule has 25 heavy (non-hydrogen) atoms. The second kappa shape index (κ2) is 6.96. The van der Waals surface area contributed by atoms with Gasteiger partial charge in [-0.3, -0.25) is 14.9 Å². The van der Waals surface area contributed by atoms with Gasteiger partial charge in [0.1, 0.15) is 11.3 Å². The first-order chi connectivity index (χ1) is 12.3. The number of phenols is 1. The third kappa shape index (κ3) is 3.06. The first-order valence-corrected chi connectivity index (χ1v) is 8.62. The lowest BCUT2D eigenvalue weighted by Crippen LogP contribution is -2.39. The van der Waals surface area contributed by atoms with E-state index in [0.29, 0.717) is 23.8 Å². The van der Waals surface area contributed by atoms with Crippen LogP contribution in [-0.4, -0.2) is 46.3 Å². The van der Waals surface area contributed by atoms with Crippen molar-refractivity contribution in [2.75, 3.05) is 26.3 Å². The second-order valence-electron chi connectivity index (χ2n) is 6.00. The Hall–Kier alpha value is -2.21. The van der Waals surface area contributed by atoms with E-state index in [4.69, 9.17) is 16.3 Å². The maximum absolute atomic E-state index is 10.9. The van der Waals surface area contributed by atoms with E-state index in [1.807, 2.05) is 36.4 Å². The van der Waals surface area contributed by atoms with Crippen LogP contribution in [0.2, 0.25) is 5.02 Å². The van der Waals surface area contributed by atoms with Crippen LogP contribution in [0.15, 0.2) is 48.8 Å². The third-order valence-corrected chi connectivity index (χ3v) is 4.83. The molecule has 0 saturated carbocycles. The van der Waals surface area contributed by atoms with E-state index in [1.165, 1.54) is 0 Å². The summed E-state index contributed by atoms with van der Waals surface area (Å²) in [6, 6.07) is 11.1. The number of rotatable bonds is 3. The molecule has 0 bridgehead atoms. The first kappa shape index (κ1) is 16.3. The molecule has 1 fully saturated rings. The largest absolute Gasteiger partial charge is 0.505 e. The van der Waals surface area contributed by atoms with Gasteiger partial charge in [-0.2, -0.15) is 0 Å². The fourth-order valence-electron chi connectivity index (χ4n) is 3.33. The number of ether oxygens (including phenoxy) is 1. The summed E-state index contributed by atoms with van der Waals surface area (Å²) in [5.74, 6) is 0.155. The molecule has 1 atom stereocenters. The summed E-state index contributed by atoms with van der Waals surface area (Å²) in [5, 5.41) is 12.2. The molecule has 3 aromatic rings. The Bertz CT molecular complexity index is 882. The lowest BCUT2D eigenvalue weighted by Gasteiger charge is -2.34. The predicted octanol–water partition coefficient (Wildman–Crippen LogP) is 3.41. The Morgan fingerprint density at radius 1 is 1.08 bits per heavy atom. The van der Waals surface area contributed by atoms with Crippen molar-refractivity contribution in [3.8, 4) is 5.75 Å². The lowest BCUT2D eigenvalue weighted by atomic mass is 9.97. The van der Waals surface area contributed by atoms with E-state index in [2.05, 4.69) is 14.9 Å². The van der Waals surface area contributed by atoms with E-state index in [-0.39, 0.29) is 11.8 Å². The van der Waals surface area contributed by atoms with Crippen LogP contribution in [0.4, 0.5) is 0 Å². The smallest absolute Gasteiger partial charge is 0.147 e. The molecule has 1 aromatic carbocycles. The van der Waals surface area contributed by atoms with Gasteiger partial charge in [0.25, 0.3) is 0 Å². The number of fused-ring (bicyclic) bond motifs is 1. The second-order valence-corrected chi connectivity index (χ2v) is 6.41. The highest BCUT2D eigenvalue weighted by Crippen LogP contribution is 2.40. The number of aromatic hydroxyl groups is 1. The molecule has 2 aromatic heterocycles. The summed E-state index contributed by atoms with van der Waals surface area (Å²) >= 11 is 6.49. The summed E-state index contributed by atoms with van der Waals surface area (Å²) in [6.07, 6.45) is 3.42. The number of aromatic nitrogens is 2. The zero-order valence-electron chi connectivity index (χ0n) is 13.6. The highest BCUT2D eigenvalue weighted by Gasteiger charge is 2.29. The Balaban J connectivity index is 1.90. The van der Waals surface area contributed by atoms with Crippen molar-refractivity contribution in [2.45, 2.75) is 6.04 Å². The average molecular weight is 356 g/mol. The van der Waals surface area contributed by atoms with Gasteiger partial charge in [-0.1, -0.05) is 17.7 Å². The average Bonchev–Trinajstić information content (AvgIpc) is 2.68. The van der Waals surface area contributed by atoms with E-state index >= 15 is 0 Å². The molecule has 1 aliphatic heterocycles. The van der Waals surface area contributed by atoms with Crippen LogP contribution < -0.4 is 0 Å². The van der Waals surface area contributed by atoms with Gasteiger partial charge in [0.05, 0.1) is 30.0 Å². The number of halogens is 1. The van der Waals surface area contributed by atoms with Crippen molar-refractivity contribution >= 4 is 22.5 Å². The summed E-state index contributed by atoms with van der Waals surface area (Å²) in [6.45, 7) is 2.84. The molecular formula is C19H18ClN3O2. The van der Waals surface area contributed by atoms with E-state index in [1.54, 1.807) is 12.4 Å². The SMILES string of the molecule is Oc1c([C@H](c2ccccn2)N2CCOCC2)cc(Cl)c2cccnc12. The van der Waals surface area contributed by atoms with Gasteiger partial charge in [-0.25, -0.2) is 0 Å². The maximum Gasteiger partial charge on any atom is 0.147 e. The number of phenolic OH excluding ortho intramolecular Hbond substituents is 1. The van der Waals surface area contributed by atoms with Crippen molar-refractivity contribution in [1.29, 1.82) is 0 Å². The molecule has 0 amide bonds. The minimum atomic E-state index is -0.200. The van der Waals surface area contributed by atoms with E-state index in [0.717, 1.165) is 29.7 Å². The van der Waals surface area contributed by atoms with Gasteiger partial charge in [0, 0.05) is 36.4 Å². The van der Waals surface area contributed by atoms with Gasteiger partial charge >= 0.3 is 0 Å². The quantitative estimate of drug-likeness (QED) is 0.780. The molecule has 4 rings (SSSR count). The van der Waals surface area contributed by atoms with Gasteiger partial charge in [0.2, 0.25) is 0 Å². The van der Waals surface area contributed by atoms with Crippen molar-refractivity contribution in [2.24, 2.45) is 0 Å². The number of hydrogen-bond acceptors (Lipinski definition) is 5. The molecule has 128 valence electrons. The van der Waals surface area contributed by atoms with Crippen LogP contribution in [0, 0.1) is 0 Å².